The highest BCUT2D eigenvalue weighted by Crippen LogP contribution is 2.77. The molecule has 1 saturated carbocycles. The lowest BCUT2D eigenvalue weighted by atomic mass is 9.75. The van der Waals surface area contributed by atoms with Gasteiger partial charge in [-0.15, -0.1) is 0 Å². The Morgan fingerprint density at radius 1 is 1.64 bits per heavy atom. The van der Waals surface area contributed by atoms with Gasteiger partial charge in [-0.1, -0.05) is 26.0 Å². The van der Waals surface area contributed by atoms with Crippen LogP contribution in [0, 0.1) is 16.7 Å². The van der Waals surface area contributed by atoms with Crippen LogP contribution in [0.1, 0.15) is 33.1 Å². The Bertz CT molecular complexity index is 333. The quantitative estimate of drug-likeness (QED) is 0.470. The molecular formula is C12H16O2. The normalized spacial score (nSPS) is 53.7. The summed E-state index contributed by atoms with van der Waals surface area (Å²) in [5.74, 6) is 0.0723. The maximum Gasteiger partial charge on any atom is 0.313 e. The lowest BCUT2D eigenvalue weighted by Crippen LogP contribution is -2.28. The number of esters is 1. The van der Waals surface area contributed by atoms with Crippen molar-refractivity contribution >= 4 is 5.97 Å². The molecule has 14 heavy (non-hydrogen) atoms. The summed E-state index contributed by atoms with van der Waals surface area (Å²) >= 11 is 0. The van der Waals surface area contributed by atoms with E-state index in [1.165, 1.54) is 0 Å². The van der Waals surface area contributed by atoms with E-state index in [2.05, 4.69) is 26.0 Å². The molecule has 0 aromatic carbocycles. The van der Waals surface area contributed by atoms with Gasteiger partial charge in [0, 0.05) is 10.8 Å². The van der Waals surface area contributed by atoms with Gasteiger partial charge in [-0.05, 0) is 19.3 Å². The molecule has 1 aliphatic heterocycles. The summed E-state index contributed by atoms with van der Waals surface area (Å²) in [5.41, 5.74) is 0.434. The molecule has 2 nitrogen and oxygen atoms in total. The average Bonchev–Trinajstić information content (AvgIpc) is 2.57. The molecule has 1 spiro atoms. The molecule has 1 heterocycles. The minimum absolute atomic E-state index is 0.0110. The van der Waals surface area contributed by atoms with Crippen molar-refractivity contribution in [2.45, 2.75) is 39.2 Å². The van der Waals surface area contributed by atoms with E-state index in [9.17, 15) is 4.79 Å². The van der Waals surface area contributed by atoms with E-state index >= 15 is 0 Å². The summed E-state index contributed by atoms with van der Waals surface area (Å²) in [6.45, 7) is 4.48. The van der Waals surface area contributed by atoms with Gasteiger partial charge in [0.05, 0.1) is 5.92 Å². The van der Waals surface area contributed by atoms with Crippen molar-refractivity contribution in [3.8, 4) is 0 Å². The first-order chi connectivity index (χ1) is 6.67. The highest BCUT2D eigenvalue weighted by atomic mass is 16.6. The molecule has 3 aliphatic rings. The molecule has 76 valence electrons. The van der Waals surface area contributed by atoms with Gasteiger partial charge in [-0.2, -0.15) is 0 Å². The molecule has 2 fully saturated rings. The molecule has 3 rings (SSSR count). The summed E-state index contributed by atoms with van der Waals surface area (Å²) in [4.78, 5) is 11.6. The summed E-state index contributed by atoms with van der Waals surface area (Å²) in [6, 6.07) is 0. The van der Waals surface area contributed by atoms with Crippen LogP contribution in [0.2, 0.25) is 0 Å². The van der Waals surface area contributed by atoms with Crippen molar-refractivity contribution < 1.29 is 9.53 Å². The molecule has 0 bridgehead atoms. The van der Waals surface area contributed by atoms with Crippen LogP contribution in [0.3, 0.4) is 0 Å². The van der Waals surface area contributed by atoms with Crippen LogP contribution in [-0.2, 0) is 9.53 Å². The average molecular weight is 192 g/mol. The Kier molecular flexibility index (Phi) is 1.36. The third-order valence-electron chi connectivity index (χ3n) is 4.86. The minimum Gasteiger partial charge on any atom is -0.461 e. The third-order valence-corrected chi connectivity index (χ3v) is 4.86. The number of hydrogen-bond donors (Lipinski definition) is 0. The van der Waals surface area contributed by atoms with Crippen LogP contribution >= 0.6 is 0 Å². The number of hydrogen-bond acceptors (Lipinski definition) is 2. The smallest absolute Gasteiger partial charge is 0.313 e. The van der Waals surface area contributed by atoms with Gasteiger partial charge in [-0.25, -0.2) is 0 Å². The molecule has 4 atom stereocenters. The molecule has 1 saturated heterocycles. The first kappa shape index (κ1) is 8.51. The number of carbonyl (C=O) groups excluding carboxylic acids is 1. The molecule has 0 amide bonds. The van der Waals surface area contributed by atoms with Crippen LogP contribution in [0.5, 0.6) is 0 Å². The molecule has 0 N–H and O–H groups in total. The fourth-order valence-corrected chi connectivity index (χ4v) is 3.79. The highest BCUT2D eigenvalue weighted by Gasteiger charge is 2.82. The summed E-state index contributed by atoms with van der Waals surface area (Å²) < 4.78 is 5.49. The predicted octanol–water partition coefficient (Wildman–Crippen LogP) is 2.29. The molecule has 0 radical (unpaired) electrons. The summed E-state index contributed by atoms with van der Waals surface area (Å²) in [7, 11) is 0. The molecule has 0 unspecified atom stereocenters. The zero-order chi connectivity index (χ0) is 9.97. The number of carbonyl (C=O) groups is 1. The Balaban J connectivity index is 2.05. The van der Waals surface area contributed by atoms with Crippen molar-refractivity contribution in [2.24, 2.45) is 16.7 Å². The van der Waals surface area contributed by atoms with E-state index in [4.69, 9.17) is 4.74 Å². The van der Waals surface area contributed by atoms with Crippen molar-refractivity contribution in [3.05, 3.63) is 12.2 Å². The Labute approximate surface area is 84.3 Å². The van der Waals surface area contributed by atoms with Gasteiger partial charge in [0.1, 0.15) is 6.10 Å². The lowest BCUT2D eigenvalue weighted by molar-refractivity contribution is -0.146. The van der Waals surface area contributed by atoms with Crippen LogP contribution in [0.25, 0.3) is 0 Å². The summed E-state index contributed by atoms with van der Waals surface area (Å²) in [6.07, 6.45) is 7.78. The van der Waals surface area contributed by atoms with Gasteiger partial charge in [0.15, 0.2) is 0 Å². The van der Waals surface area contributed by atoms with Gasteiger partial charge in [0.25, 0.3) is 0 Å². The Morgan fingerprint density at radius 3 is 3.14 bits per heavy atom. The monoisotopic (exact) mass is 192 g/mol. The van der Waals surface area contributed by atoms with E-state index < -0.39 is 0 Å². The van der Waals surface area contributed by atoms with E-state index in [-0.39, 0.29) is 28.8 Å². The van der Waals surface area contributed by atoms with Crippen molar-refractivity contribution in [3.63, 3.8) is 0 Å². The molecule has 0 aromatic rings. The minimum atomic E-state index is 0.0110. The fraction of sp³-hybridized carbons (Fsp3) is 0.750. The highest BCUT2D eigenvalue weighted by molar-refractivity contribution is 5.81. The van der Waals surface area contributed by atoms with Gasteiger partial charge < -0.3 is 4.74 Å². The van der Waals surface area contributed by atoms with Gasteiger partial charge in [0.2, 0.25) is 0 Å². The predicted molar refractivity (Wildman–Crippen MR) is 52.6 cm³/mol. The number of allylic oxidation sites excluding steroid dienone is 1. The standard InChI is InChI=1S/C12H16O2/c1-3-11(2)10-12(11)7-5-4-6-8(12)9(13)14-10/h4,6,8,10H,3,5,7H2,1-2H3/t8-,10-,11+,12-/m0/s1. The second kappa shape index (κ2) is 2.23. The van der Waals surface area contributed by atoms with E-state index in [1.807, 2.05) is 0 Å². The van der Waals surface area contributed by atoms with Crippen LogP contribution in [0.15, 0.2) is 12.2 Å². The Hall–Kier alpha value is -0.790. The zero-order valence-electron chi connectivity index (χ0n) is 8.75. The fourth-order valence-electron chi connectivity index (χ4n) is 3.79. The lowest BCUT2D eigenvalue weighted by Gasteiger charge is -2.26. The third kappa shape index (κ3) is 0.626. The van der Waals surface area contributed by atoms with E-state index in [0.29, 0.717) is 0 Å². The maximum atomic E-state index is 11.6. The van der Waals surface area contributed by atoms with Crippen molar-refractivity contribution in [1.29, 1.82) is 0 Å². The number of rotatable bonds is 1. The molecular weight excluding hydrogens is 176 g/mol. The maximum absolute atomic E-state index is 11.6. The summed E-state index contributed by atoms with van der Waals surface area (Å²) in [5, 5.41) is 0. The van der Waals surface area contributed by atoms with E-state index in [0.717, 1.165) is 19.3 Å². The van der Waals surface area contributed by atoms with Crippen LogP contribution in [-0.4, -0.2) is 12.1 Å². The number of ether oxygens (including phenoxy) is 1. The first-order valence-corrected chi connectivity index (χ1v) is 5.54. The zero-order valence-corrected chi connectivity index (χ0v) is 8.75. The van der Waals surface area contributed by atoms with E-state index in [1.54, 1.807) is 0 Å². The van der Waals surface area contributed by atoms with Crippen LogP contribution in [0.4, 0.5) is 0 Å². The first-order valence-electron chi connectivity index (χ1n) is 5.54. The van der Waals surface area contributed by atoms with Crippen LogP contribution < -0.4 is 0 Å². The molecule has 2 aliphatic carbocycles. The van der Waals surface area contributed by atoms with Crippen molar-refractivity contribution in [1.82, 2.24) is 0 Å². The largest absolute Gasteiger partial charge is 0.461 e. The second-order valence-electron chi connectivity index (χ2n) is 5.07. The van der Waals surface area contributed by atoms with Gasteiger partial charge in [-0.3, -0.25) is 4.79 Å². The SMILES string of the molecule is CC[C@]1(C)[C@@H]2OC(=O)[C@@H]3C=CCC[C@@]231. The molecule has 0 aromatic heterocycles. The Morgan fingerprint density at radius 2 is 2.43 bits per heavy atom. The topological polar surface area (TPSA) is 26.3 Å². The van der Waals surface area contributed by atoms with Gasteiger partial charge >= 0.3 is 5.97 Å². The molecule has 2 heteroatoms. The van der Waals surface area contributed by atoms with Crippen molar-refractivity contribution in [2.75, 3.05) is 0 Å². The second-order valence-corrected chi connectivity index (χ2v) is 5.07.